The molecule has 1 N–H and O–H groups in total. The van der Waals surface area contributed by atoms with Crippen LogP contribution in [0.5, 0.6) is 0 Å². The van der Waals surface area contributed by atoms with E-state index >= 15 is 0 Å². The zero-order chi connectivity index (χ0) is 15.5. The summed E-state index contributed by atoms with van der Waals surface area (Å²) in [5.41, 5.74) is -1.09. The van der Waals surface area contributed by atoms with Crippen LogP contribution in [0.3, 0.4) is 0 Å². The van der Waals surface area contributed by atoms with Gasteiger partial charge in [0.2, 0.25) is 0 Å². The number of alkyl halides is 3. The number of hydrogen-bond acceptors (Lipinski definition) is 2. The number of likely N-dealkylation sites (tertiary alicyclic amines) is 1. The number of halogens is 3. The Morgan fingerprint density at radius 1 is 1.14 bits per heavy atom. The highest BCUT2D eigenvalue weighted by Gasteiger charge is 2.49. The van der Waals surface area contributed by atoms with E-state index in [-0.39, 0.29) is 11.6 Å². The highest BCUT2D eigenvalue weighted by molar-refractivity contribution is 5.92. The second-order valence-corrected chi connectivity index (χ2v) is 6.88. The van der Waals surface area contributed by atoms with Crippen molar-refractivity contribution in [3.05, 3.63) is 17.5 Å². The van der Waals surface area contributed by atoms with Crippen LogP contribution in [-0.2, 0) is 6.18 Å². The average Bonchev–Trinajstić information content (AvgIpc) is 3.15. The summed E-state index contributed by atoms with van der Waals surface area (Å²) in [5, 5.41) is 5.48. The second kappa shape index (κ2) is 4.73. The molecule has 0 aromatic carbocycles. The monoisotopic (exact) mass is 313 g/mol. The molecule has 2 atom stereocenters. The van der Waals surface area contributed by atoms with Gasteiger partial charge < -0.3 is 4.90 Å². The molecule has 7 heteroatoms. The van der Waals surface area contributed by atoms with Crippen molar-refractivity contribution in [1.82, 2.24) is 15.1 Å². The molecule has 1 aliphatic heterocycles. The Morgan fingerprint density at radius 3 is 2.14 bits per heavy atom. The first-order valence-corrected chi connectivity index (χ1v) is 7.85. The molecule has 22 heavy (non-hydrogen) atoms. The van der Waals surface area contributed by atoms with Gasteiger partial charge in [0, 0.05) is 19.2 Å². The zero-order valence-electron chi connectivity index (χ0n) is 12.1. The SMILES string of the molecule is O=C(c1cc(C(F)(F)F)[nH]n1)N1C[C@@H]2C3CCC(CC3)[C@@H]2C1. The van der Waals surface area contributed by atoms with Crippen molar-refractivity contribution in [2.45, 2.75) is 31.9 Å². The van der Waals surface area contributed by atoms with Crippen molar-refractivity contribution >= 4 is 5.91 Å². The van der Waals surface area contributed by atoms with Gasteiger partial charge in [-0.05, 0) is 49.4 Å². The normalized spacial score (nSPS) is 34.0. The highest BCUT2D eigenvalue weighted by atomic mass is 19.4. The molecule has 120 valence electrons. The van der Waals surface area contributed by atoms with Gasteiger partial charge >= 0.3 is 6.18 Å². The predicted molar refractivity (Wildman–Crippen MR) is 71.9 cm³/mol. The van der Waals surface area contributed by atoms with Crippen LogP contribution in [0, 0.1) is 23.7 Å². The van der Waals surface area contributed by atoms with Gasteiger partial charge in [-0.1, -0.05) is 0 Å². The second-order valence-electron chi connectivity index (χ2n) is 6.88. The number of nitrogens with one attached hydrogen (secondary N) is 1. The van der Waals surface area contributed by atoms with Crippen molar-refractivity contribution in [3.8, 4) is 0 Å². The number of fused-ring (bicyclic) bond motifs is 2. The fourth-order valence-corrected chi connectivity index (χ4v) is 4.76. The molecule has 4 nitrogen and oxygen atoms in total. The van der Waals surface area contributed by atoms with Gasteiger partial charge in [0.05, 0.1) is 0 Å². The molecule has 0 radical (unpaired) electrons. The maximum Gasteiger partial charge on any atom is 0.432 e. The lowest BCUT2D eigenvalue weighted by Gasteiger charge is -2.44. The number of carbonyl (C=O) groups excluding carboxylic acids is 1. The first-order chi connectivity index (χ1) is 10.4. The van der Waals surface area contributed by atoms with E-state index in [0.29, 0.717) is 36.8 Å². The number of nitrogens with zero attached hydrogens (tertiary/aromatic N) is 2. The number of H-pyrrole nitrogens is 1. The largest absolute Gasteiger partial charge is 0.432 e. The summed E-state index contributed by atoms with van der Waals surface area (Å²) in [6.45, 7) is 1.36. The summed E-state index contributed by atoms with van der Waals surface area (Å²) in [4.78, 5) is 14.2. The third-order valence-corrected chi connectivity index (χ3v) is 5.83. The van der Waals surface area contributed by atoms with Crippen LogP contribution < -0.4 is 0 Å². The molecule has 2 bridgehead atoms. The Labute approximate surface area is 126 Å². The minimum atomic E-state index is -4.50. The predicted octanol–water partition coefficient (Wildman–Crippen LogP) is 2.94. The summed E-state index contributed by atoms with van der Waals surface area (Å²) >= 11 is 0. The zero-order valence-corrected chi connectivity index (χ0v) is 12.1. The Morgan fingerprint density at radius 2 is 1.68 bits per heavy atom. The number of rotatable bonds is 1. The first-order valence-electron chi connectivity index (χ1n) is 7.85. The number of hydrogen-bond donors (Lipinski definition) is 1. The molecular weight excluding hydrogens is 295 g/mol. The number of aromatic amines is 1. The van der Waals surface area contributed by atoms with E-state index in [0.717, 1.165) is 6.07 Å². The Bertz CT molecular complexity index is 569. The molecular formula is C15H18F3N3O. The standard InChI is InChI=1S/C15H18F3N3O/c16-15(17,18)13-5-12(19-20-13)14(22)21-6-10-8-1-2-9(4-3-8)11(10)7-21/h5,8-11H,1-4,6-7H2,(H,19,20)/t8?,9?,10-,11+. The summed E-state index contributed by atoms with van der Waals surface area (Å²) in [7, 11) is 0. The molecule has 4 aliphatic rings. The van der Waals surface area contributed by atoms with Gasteiger partial charge in [-0.15, -0.1) is 0 Å². The summed E-state index contributed by atoms with van der Waals surface area (Å²) in [6, 6.07) is 0.818. The molecule has 0 unspecified atom stereocenters. The van der Waals surface area contributed by atoms with Gasteiger partial charge in [0.1, 0.15) is 5.69 Å². The Balaban J connectivity index is 1.51. The molecule has 1 saturated heterocycles. The maximum absolute atomic E-state index is 12.6. The lowest BCUT2D eigenvalue weighted by atomic mass is 9.60. The lowest BCUT2D eigenvalue weighted by Crippen LogP contribution is -2.38. The highest BCUT2D eigenvalue weighted by Crippen LogP contribution is 2.51. The fraction of sp³-hybridized carbons (Fsp3) is 0.733. The topological polar surface area (TPSA) is 49.0 Å². The van der Waals surface area contributed by atoms with Crippen molar-refractivity contribution in [2.75, 3.05) is 13.1 Å². The average molecular weight is 313 g/mol. The third-order valence-electron chi connectivity index (χ3n) is 5.83. The van der Waals surface area contributed by atoms with Gasteiger partial charge in [0.25, 0.3) is 5.91 Å². The molecule has 3 saturated carbocycles. The van der Waals surface area contributed by atoms with Crippen LogP contribution in [0.25, 0.3) is 0 Å². The van der Waals surface area contributed by atoms with Crippen molar-refractivity contribution in [1.29, 1.82) is 0 Å². The molecule has 3 aliphatic carbocycles. The van der Waals surface area contributed by atoms with Crippen LogP contribution in [0.1, 0.15) is 41.9 Å². The van der Waals surface area contributed by atoms with Crippen molar-refractivity contribution < 1.29 is 18.0 Å². The Kier molecular flexibility index (Phi) is 3.03. The summed E-state index contributed by atoms with van der Waals surface area (Å²) < 4.78 is 37.8. The molecule has 1 amide bonds. The van der Waals surface area contributed by atoms with Crippen LogP contribution in [0.15, 0.2) is 6.07 Å². The van der Waals surface area contributed by atoms with E-state index in [9.17, 15) is 18.0 Å². The van der Waals surface area contributed by atoms with Crippen LogP contribution >= 0.6 is 0 Å². The third kappa shape index (κ3) is 2.13. The molecule has 5 rings (SSSR count). The summed E-state index contributed by atoms with van der Waals surface area (Å²) in [5.74, 6) is 2.09. The molecule has 1 aromatic heterocycles. The minimum absolute atomic E-state index is 0.127. The number of carbonyl (C=O) groups is 1. The smallest absolute Gasteiger partial charge is 0.337 e. The maximum atomic E-state index is 12.6. The molecule has 2 heterocycles. The van der Waals surface area contributed by atoms with E-state index in [1.807, 2.05) is 5.10 Å². The Hall–Kier alpha value is -1.53. The molecule has 0 spiro atoms. The number of amides is 1. The van der Waals surface area contributed by atoms with E-state index in [4.69, 9.17) is 0 Å². The summed E-state index contributed by atoms with van der Waals surface area (Å²) in [6.07, 6.45) is 0.482. The van der Waals surface area contributed by atoms with E-state index in [2.05, 4.69) is 5.10 Å². The minimum Gasteiger partial charge on any atom is -0.337 e. The van der Waals surface area contributed by atoms with Gasteiger partial charge in [0.15, 0.2) is 5.69 Å². The van der Waals surface area contributed by atoms with Crippen LogP contribution in [-0.4, -0.2) is 34.1 Å². The van der Waals surface area contributed by atoms with Crippen LogP contribution in [0.4, 0.5) is 13.2 Å². The fourth-order valence-electron chi connectivity index (χ4n) is 4.76. The number of aromatic nitrogens is 2. The van der Waals surface area contributed by atoms with Crippen molar-refractivity contribution in [2.24, 2.45) is 23.7 Å². The van der Waals surface area contributed by atoms with Crippen molar-refractivity contribution in [3.63, 3.8) is 0 Å². The first kappa shape index (κ1) is 14.1. The van der Waals surface area contributed by atoms with E-state index < -0.39 is 11.9 Å². The molecule has 4 fully saturated rings. The van der Waals surface area contributed by atoms with Gasteiger partial charge in [-0.2, -0.15) is 18.3 Å². The van der Waals surface area contributed by atoms with Gasteiger partial charge in [-0.25, -0.2) is 0 Å². The van der Waals surface area contributed by atoms with E-state index in [1.165, 1.54) is 25.7 Å². The van der Waals surface area contributed by atoms with Gasteiger partial charge in [-0.3, -0.25) is 9.89 Å². The molecule has 1 aromatic rings. The van der Waals surface area contributed by atoms with Crippen LogP contribution in [0.2, 0.25) is 0 Å². The van der Waals surface area contributed by atoms with E-state index in [1.54, 1.807) is 4.90 Å². The quantitative estimate of drug-likeness (QED) is 0.866. The lowest BCUT2D eigenvalue weighted by molar-refractivity contribution is -0.141.